The summed E-state index contributed by atoms with van der Waals surface area (Å²) in [5.74, 6) is -1.45. The molecule has 1 rings (SSSR count). The highest BCUT2D eigenvalue weighted by atomic mass is 32.2. The molecule has 7 nitrogen and oxygen atoms in total. The van der Waals surface area contributed by atoms with Crippen LogP contribution in [0.25, 0.3) is 0 Å². The van der Waals surface area contributed by atoms with Crippen molar-refractivity contribution in [2.75, 3.05) is 6.26 Å². The van der Waals surface area contributed by atoms with Gasteiger partial charge in [0.1, 0.15) is 0 Å². The zero-order valence-electron chi connectivity index (χ0n) is 11.9. The van der Waals surface area contributed by atoms with Gasteiger partial charge in [-0.15, -0.1) is 0 Å². The lowest BCUT2D eigenvalue weighted by Gasteiger charge is -2.13. The Hall–Kier alpha value is -2.40. The lowest BCUT2D eigenvalue weighted by Crippen LogP contribution is -2.24. The zero-order chi connectivity index (χ0) is 16.4. The number of carbonyl (C=O) groups excluding carboxylic acids is 1. The molecule has 0 aliphatic heterocycles. The van der Waals surface area contributed by atoms with Crippen molar-refractivity contribution in [3.8, 4) is 6.07 Å². The van der Waals surface area contributed by atoms with Crippen molar-refractivity contribution in [2.24, 2.45) is 16.5 Å². The maximum Gasteiger partial charge on any atom is 0.281 e. The molecule has 8 heteroatoms. The predicted molar refractivity (Wildman–Crippen MR) is 78.5 cm³/mol. The summed E-state index contributed by atoms with van der Waals surface area (Å²) in [5.41, 5.74) is 10.6. The Kier molecular flexibility index (Phi) is 4.70. The maximum absolute atomic E-state index is 11.9. The van der Waals surface area contributed by atoms with E-state index in [1.165, 1.54) is 6.07 Å². The SMILES string of the molecule is CC(C)c1cc(C#N)c(C(=O)N=C(N)N)cc1S(C)(=O)=O. The number of guanidine groups is 1. The van der Waals surface area contributed by atoms with Gasteiger partial charge in [0, 0.05) is 6.26 Å². The Balaban J connectivity index is 3.73. The Morgan fingerprint density at radius 3 is 2.29 bits per heavy atom. The second kappa shape index (κ2) is 5.93. The first-order valence-corrected chi connectivity index (χ1v) is 7.89. The first-order valence-electron chi connectivity index (χ1n) is 6.00. The van der Waals surface area contributed by atoms with Crippen LogP contribution in [-0.2, 0) is 9.84 Å². The second-order valence-corrected chi connectivity index (χ2v) is 6.80. The van der Waals surface area contributed by atoms with E-state index in [-0.39, 0.29) is 21.9 Å². The largest absolute Gasteiger partial charge is 0.370 e. The summed E-state index contributed by atoms with van der Waals surface area (Å²) in [5, 5.41) is 9.14. The molecule has 112 valence electrons. The molecular weight excluding hydrogens is 292 g/mol. The van der Waals surface area contributed by atoms with Crippen LogP contribution in [0, 0.1) is 11.3 Å². The summed E-state index contributed by atoms with van der Waals surface area (Å²) in [6, 6.07) is 4.39. The van der Waals surface area contributed by atoms with Gasteiger partial charge >= 0.3 is 0 Å². The highest BCUT2D eigenvalue weighted by Crippen LogP contribution is 2.27. The fourth-order valence-electron chi connectivity index (χ4n) is 1.82. The minimum Gasteiger partial charge on any atom is -0.370 e. The van der Waals surface area contributed by atoms with Gasteiger partial charge in [-0.1, -0.05) is 13.8 Å². The molecule has 0 aliphatic rings. The summed E-state index contributed by atoms with van der Waals surface area (Å²) < 4.78 is 23.8. The number of rotatable bonds is 3. The molecule has 0 atom stereocenters. The van der Waals surface area contributed by atoms with Crippen LogP contribution in [0.3, 0.4) is 0 Å². The average Bonchev–Trinajstić information content (AvgIpc) is 2.34. The molecule has 1 aromatic carbocycles. The summed E-state index contributed by atoms with van der Waals surface area (Å²) in [7, 11) is -3.56. The molecule has 0 aromatic heterocycles. The molecule has 1 amide bonds. The number of hydrogen-bond donors (Lipinski definition) is 2. The first-order chi connectivity index (χ1) is 9.57. The highest BCUT2D eigenvalue weighted by Gasteiger charge is 2.22. The first kappa shape index (κ1) is 16.7. The molecule has 0 heterocycles. The van der Waals surface area contributed by atoms with Crippen LogP contribution in [0.15, 0.2) is 22.0 Å². The fraction of sp³-hybridized carbons (Fsp3) is 0.308. The van der Waals surface area contributed by atoms with E-state index in [0.29, 0.717) is 5.56 Å². The zero-order valence-corrected chi connectivity index (χ0v) is 12.7. The fourth-order valence-corrected chi connectivity index (χ4v) is 2.87. The second-order valence-electron chi connectivity index (χ2n) is 4.82. The van der Waals surface area contributed by atoms with Gasteiger partial charge in [0.2, 0.25) is 0 Å². The smallest absolute Gasteiger partial charge is 0.281 e. The van der Waals surface area contributed by atoms with Crippen molar-refractivity contribution in [3.05, 3.63) is 28.8 Å². The molecule has 0 saturated heterocycles. The summed E-state index contributed by atoms with van der Waals surface area (Å²) in [6.07, 6.45) is 1.04. The molecule has 0 radical (unpaired) electrons. The molecule has 0 unspecified atom stereocenters. The monoisotopic (exact) mass is 308 g/mol. The van der Waals surface area contributed by atoms with E-state index in [9.17, 15) is 13.2 Å². The van der Waals surface area contributed by atoms with Crippen molar-refractivity contribution in [2.45, 2.75) is 24.7 Å². The number of carbonyl (C=O) groups is 1. The van der Waals surface area contributed by atoms with Gasteiger partial charge in [-0.3, -0.25) is 4.79 Å². The molecule has 21 heavy (non-hydrogen) atoms. The van der Waals surface area contributed by atoms with Crippen molar-refractivity contribution in [3.63, 3.8) is 0 Å². The van der Waals surface area contributed by atoms with Crippen molar-refractivity contribution in [1.29, 1.82) is 5.26 Å². The van der Waals surface area contributed by atoms with Gasteiger partial charge in [0.05, 0.1) is 22.1 Å². The minimum absolute atomic E-state index is 0.00866. The van der Waals surface area contributed by atoms with Gasteiger partial charge in [0.15, 0.2) is 15.8 Å². The van der Waals surface area contributed by atoms with E-state index in [1.807, 2.05) is 6.07 Å². The van der Waals surface area contributed by atoms with E-state index < -0.39 is 21.7 Å². The van der Waals surface area contributed by atoms with E-state index in [2.05, 4.69) is 4.99 Å². The van der Waals surface area contributed by atoms with Crippen LogP contribution in [-0.4, -0.2) is 26.5 Å². The third kappa shape index (κ3) is 3.79. The van der Waals surface area contributed by atoms with Gasteiger partial charge < -0.3 is 11.5 Å². The number of hydrogen-bond acceptors (Lipinski definition) is 4. The molecular formula is C13H16N4O3S. The van der Waals surface area contributed by atoms with Gasteiger partial charge in [-0.25, -0.2) is 8.42 Å². The van der Waals surface area contributed by atoms with Crippen molar-refractivity contribution < 1.29 is 13.2 Å². The Labute approximate surface area is 123 Å². The molecule has 4 N–H and O–H groups in total. The summed E-state index contributed by atoms with van der Waals surface area (Å²) in [4.78, 5) is 15.2. The van der Waals surface area contributed by atoms with Crippen LogP contribution < -0.4 is 11.5 Å². The normalized spacial score (nSPS) is 11.0. The number of amides is 1. The van der Waals surface area contributed by atoms with E-state index in [4.69, 9.17) is 16.7 Å². The maximum atomic E-state index is 11.9. The highest BCUT2D eigenvalue weighted by molar-refractivity contribution is 7.90. The quantitative estimate of drug-likeness (QED) is 0.615. The Bertz CT molecular complexity index is 754. The van der Waals surface area contributed by atoms with Gasteiger partial charge in [0.25, 0.3) is 5.91 Å². The number of aliphatic imine (C=N–C) groups is 1. The molecule has 1 aromatic rings. The number of sulfone groups is 1. The van der Waals surface area contributed by atoms with Crippen LogP contribution in [0.1, 0.15) is 41.3 Å². The van der Waals surface area contributed by atoms with Crippen molar-refractivity contribution in [1.82, 2.24) is 0 Å². The lowest BCUT2D eigenvalue weighted by atomic mass is 9.97. The molecule has 0 fully saturated rings. The minimum atomic E-state index is -3.56. The van der Waals surface area contributed by atoms with E-state index in [1.54, 1.807) is 13.8 Å². The van der Waals surface area contributed by atoms with Crippen molar-refractivity contribution >= 4 is 21.7 Å². The molecule has 0 spiro atoms. The van der Waals surface area contributed by atoms with Gasteiger partial charge in [-0.05, 0) is 23.6 Å². The molecule has 0 saturated carbocycles. The van der Waals surface area contributed by atoms with Crippen LogP contribution in [0.2, 0.25) is 0 Å². The summed E-state index contributed by atoms with van der Waals surface area (Å²) in [6.45, 7) is 3.59. The standard InChI is InChI=1S/C13H16N4O3S/c1-7(2)9-4-8(6-14)10(12(18)17-13(15)16)5-11(9)21(3,19)20/h4-5,7H,1-3H3,(H4,15,16,17,18). The summed E-state index contributed by atoms with van der Waals surface area (Å²) >= 11 is 0. The topological polar surface area (TPSA) is 139 Å². The Morgan fingerprint density at radius 1 is 1.33 bits per heavy atom. The van der Waals surface area contributed by atoms with Gasteiger partial charge in [-0.2, -0.15) is 10.3 Å². The lowest BCUT2D eigenvalue weighted by molar-refractivity contribution is 0.100. The Morgan fingerprint density at radius 2 is 1.90 bits per heavy atom. The predicted octanol–water partition coefficient (Wildman–Crippen LogP) is 0.499. The van der Waals surface area contributed by atoms with Crippen LogP contribution in [0.5, 0.6) is 0 Å². The number of nitriles is 1. The third-order valence-corrected chi connectivity index (χ3v) is 3.91. The number of nitrogens with two attached hydrogens (primary N) is 2. The van der Waals surface area contributed by atoms with E-state index >= 15 is 0 Å². The number of nitrogens with zero attached hydrogens (tertiary/aromatic N) is 2. The molecule has 0 bridgehead atoms. The molecule has 0 aliphatic carbocycles. The van der Waals surface area contributed by atoms with E-state index in [0.717, 1.165) is 12.3 Å². The average molecular weight is 308 g/mol. The number of benzene rings is 1. The van der Waals surface area contributed by atoms with Crippen LogP contribution in [0.4, 0.5) is 0 Å². The third-order valence-electron chi connectivity index (χ3n) is 2.75. The van der Waals surface area contributed by atoms with Crippen LogP contribution >= 0.6 is 0 Å².